The summed E-state index contributed by atoms with van der Waals surface area (Å²) in [6, 6.07) is 8.17. The van der Waals surface area contributed by atoms with E-state index < -0.39 is 0 Å². The fraction of sp³-hybridized carbons (Fsp3) is 0.286. The molecule has 1 aromatic heterocycles. The highest BCUT2D eigenvalue weighted by atomic mass is 35.5. The van der Waals surface area contributed by atoms with Crippen LogP contribution in [-0.2, 0) is 6.42 Å². The van der Waals surface area contributed by atoms with Crippen LogP contribution in [0.15, 0.2) is 41.0 Å². The zero-order valence-electron chi connectivity index (χ0n) is 10.1. The molecule has 0 amide bonds. The number of likely N-dealkylation sites (N-methyl/N-ethyl adjacent to an activating group) is 1. The van der Waals surface area contributed by atoms with Gasteiger partial charge < -0.3 is 9.73 Å². The van der Waals surface area contributed by atoms with Crippen molar-refractivity contribution >= 4 is 11.6 Å². The van der Waals surface area contributed by atoms with Crippen molar-refractivity contribution < 1.29 is 8.81 Å². The number of hydrogen-bond donors (Lipinski definition) is 1. The molecule has 0 radical (unpaired) electrons. The topological polar surface area (TPSA) is 25.2 Å². The Labute approximate surface area is 111 Å². The number of nitrogens with one attached hydrogen (secondary N) is 1. The Morgan fingerprint density at radius 3 is 2.89 bits per heavy atom. The molecule has 0 fully saturated rings. The summed E-state index contributed by atoms with van der Waals surface area (Å²) in [5.41, 5.74) is 0.570. The third-order valence-electron chi connectivity index (χ3n) is 2.77. The molecule has 0 aliphatic heterocycles. The average Bonchev–Trinajstić information content (AvgIpc) is 2.85. The Morgan fingerprint density at radius 1 is 1.39 bits per heavy atom. The number of hydrogen-bond acceptors (Lipinski definition) is 2. The summed E-state index contributed by atoms with van der Waals surface area (Å²) in [5, 5.41) is 3.78. The maximum atomic E-state index is 13.8. The number of furan rings is 1. The maximum Gasteiger partial charge on any atom is 0.128 e. The highest BCUT2D eigenvalue weighted by Gasteiger charge is 2.17. The summed E-state index contributed by atoms with van der Waals surface area (Å²) in [5.74, 6) is 0.567. The van der Waals surface area contributed by atoms with Crippen LogP contribution in [0.25, 0.3) is 0 Å². The van der Waals surface area contributed by atoms with Gasteiger partial charge in [-0.1, -0.05) is 18.5 Å². The van der Waals surface area contributed by atoms with Crippen LogP contribution in [0.1, 0.15) is 24.3 Å². The Hall–Kier alpha value is -1.32. The van der Waals surface area contributed by atoms with Crippen molar-refractivity contribution in [2.24, 2.45) is 0 Å². The van der Waals surface area contributed by atoms with E-state index in [-0.39, 0.29) is 11.9 Å². The van der Waals surface area contributed by atoms with Gasteiger partial charge in [0, 0.05) is 23.0 Å². The molecule has 0 aliphatic rings. The van der Waals surface area contributed by atoms with E-state index in [0.717, 1.165) is 12.3 Å². The lowest BCUT2D eigenvalue weighted by Gasteiger charge is -2.18. The molecule has 0 aliphatic carbocycles. The maximum absolute atomic E-state index is 13.8. The molecule has 0 saturated carbocycles. The number of benzene rings is 1. The number of rotatable bonds is 5. The van der Waals surface area contributed by atoms with E-state index in [2.05, 4.69) is 5.32 Å². The van der Waals surface area contributed by atoms with Gasteiger partial charge in [-0.15, -0.1) is 0 Å². The van der Waals surface area contributed by atoms with Gasteiger partial charge in [-0.25, -0.2) is 4.39 Å². The normalized spacial score (nSPS) is 12.6. The lowest BCUT2D eigenvalue weighted by atomic mass is 10.0. The fourth-order valence-corrected chi connectivity index (χ4v) is 2.13. The molecule has 1 N–H and O–H groups in total. The smallest absolute Gasteiger partial charge is 0.128 e. The van der Waals surface area contributed by atoms with E-state index >= 15 is 0 Å². The summed E-state index contributed by atoms with van der Waals surface area (Å²) >= 11 is 5.93. The van der Waals surface area contributed by atoms with Gasteiger partial charge in [-0.2, -0.15) is 0 Å². The lowest BCUT2D eigenvalue weighted by molar-refractivity contribution is 0.444. The number of halogens is 2. The second-order valence-corrected chi connectivity index (χ2v) is 4.50. The van der Waals surface area contributed by atoms with Gasteiger partial charge in [-0.3, -0.25) is 0 Å². The fourth-order valence-electron chi connectivity index (χ4n) is 1.95. The SMILES string of the molecule is CCNC(Cc1ccco1)c1cc(Cl)ccc1F. The second kappa shape index (κ2) is 6.03. The van der Waals surface area contributed by atoms with Crippen LogP contribution in [0.5, 0.6) is 0 Å². The second-order valence-electron chi connectivity index (χ2n) is 4.06. The molecule has 96 valence electrons. The zero-order valence-corrected chi connectivity index (χ0v) is 10.9. The Kier molecular flexibility index (Phi) is 4.39. The summed E-state index contributed by atoms with van der Waals surface area (Å²) in [4.78, 5) is 0. The quantitative estimate of drug-likeness (QED) is 0.887. The van der Waals surface area contributed by atoms with Crippen molar-refractivity contribution in [2.45, 2.75) is 19.4 Å². The summed E-state index contributed by atoms with van der Waals surface area (Å²) in [6.07, 6.45) is 2.21. The average molecular weight is 268 g/mol. The van der Waals surface area contributed by atoms with Crippen LogP contribution in [0, 0.1) is 5.82 Å². The minimum atomic E-state index is -0.253. The third kappa shape index (κ3) is 3.12. The first-order chi connectivity index (χ1) is 8.70. The largest absolute Gasteiger partial charge is 0.469 e. The molecule has 2 rings (SSSR count). The van der Waals surface area contributed by atoms with Crippen molar-refractivity contribution in [1.29, 1.82) is 0 Å². The monoisotopic (exact) mass is 267 g/mol. The van der Waals surface area contributed by atoms with Crippen LogP contribution in [0.3, 0.4) is 0 Å². The summed E-state index contributed by atoms with van der Waals surface area (Å²) in [7, 11) is 0. The lowest BCUT2D eigenvalue weighted by Crippen LogP contribution is -2.23. The van der Waals surface area contributed by atoms with Gasteiger partial charge in [0.15, 0.2) is 0 Å². The molecular formula is C14H15ClFNO. The summed E-state index contributed by atoms with van der Waals surface area (Å²) in [6.45, 7) is 2.73. The van der Waals surface area contributed by atoms with Crippen molar-refractivity contribution in [3.05, 3.63) is 58.8 Å². The molecule has 2 aromatic rings. The van der Waals surface area contributed by atoms with E-state index in [4.69, 9.17) is 16.0 Å². The van der Waals surface area contributed by atoms with E-state index in [1.165, 1.54) is 6.07 Å². The minimum Gasteiger partial charge on any atom is -0.469 e. The zero-order chi connectivity index (χ0) is 13.0. The molecule has 1 unspecified atom stereocenters. The van der Waals surface area contributed by atoms with Gasteiger partial charge >= 0.3 is 0 Å². The Morgan fingerprint density at radius 2 is 2.22 bits per heavy atom. The molecule has 1 aromatic carbocycles. The van der Waals surface area contributed by atoms with Gasteiger partial charge in [-0.05, 0) is 36.9 Å². The molecule has 0 bridgehead atoms. The van der Waals surface area contributed by atoms with Crippen LogP contribution >= 0.6 is 11.6 Å². The van der Waals surface area contributed by atoms with Crippen molar-refractivity contribution in [2.75, 3.05) is 6.54 Å². The molecule has 0 saturated heterocycles. The van der Waals surface area contributed by atoms with Crippen molar-refractivity contribution in [1.82, 2.24) is 5.32 Å². The molecule has 0 spiro atoms. The van der Waals surface area contributed by atoms with Gasteiger partial charge in [0.2, 0.25) is 0 Å². The molecule has 2 nitrogen and oxygen atoms in total. The van der Waals surface area contributed by atoms with Crippen LogP contribution in [0.2, 0.25) is 5.02 Å². The van der Waals surface area contributed by atoms with E-state index in [0.29, 0.717) is 17.0 Å². The van der Waals surface area contributed by atoms with Gasteiger partial charge in [0.25, 0.3) is 0 Å². The highest BCUT2D eigenvalue weighted by Crippen LogP contribution is 2.24. The van der Waals surface area contributed by atoms with E-state index in [1.54, 1.807) is 18.4 Å². The van der Waals surface area contributed by atoms with Gasteiger partial charge in [0.05, 0.1) is 6.26 Å². The molecular weight excluding hydrogens is 253 g/mol. The third-order valence-corrected chi connectivity index (χ3v) is 3.00. The Bertz CT molecular complexity index is 499. The molecule has 1 atom stereocenters. The standard InChI is InChI=1S/C14H15ClFNO/c1-2-17-14(9-11-4-3-7-18-11)12-8-10(15)5-6-13(12)16/h3-8,14,17H,2,9H2,1H3. The molecule has 4 heteroatoms. The highest BCUT2D eigenvalue weighted by molar-refractivity contribution is 6.30. The summed E-state index contributed by atoms with van der Waals surface area (Å²) < 4.78 is 19.1. The van der Waals surface area contributed by atoms with E-state index in [1.807, 2.05) is 19.1 Å². The predicted molar refractivity (Wildman–Crippen MR) is 70.2 cm³/mol. The van der Waals surface area contributed by atoms with Crippen molar-refractivity contribution in [3.8, 4) is 0 Å². The Balaban J connectivity index is 2.26. The first kappa shape index (κ1) is 13.1. The van der Waals surface area contributed by atoms with Crippen LogP contribution < -0.4 is 5.32 Å². The molecule has 1 heterocycles. The first-order valence-corrected chi connectivity index (χ1v) is 6.29. The first-order valence-electron chi connectivity index (χ1n) is 5.91. The van der Waals surface area contributed by atoms with E-state index in [9.17, 15) is 4.39 Å². The van der Waals surface area contributed by atoms with Gasteiger partial charge in [0.1, 0.15) is 11.6 Å². The predicted octanol–water partition coefficient (Wildman–Crippen LogP) is 3.97. The molecule has 18 heavy (non-hydrogen) atoms. The van der Waals surface area contributed by atoms with Crippen molar-refractivity contribution in [3.63, 3.8) is 0 Å². The van der Waals surface area contributed by atoms with Crippen LogP contribution in [0.4, 0.5) is 4.39 Å². The minimum absolute atomic E-state index is 0.139. The van der Waals surface area contributed by atoms with Crippen LogP contribution in [-0.4, -0.2) is 6.54 Å².